The normalized spacial score (nSPS) is 10.8. The highest BCUT2D eigenvalue weighted by atomic mass is 15.6. The Morgan fingerprint density at radius 1 is 1.31 bits per heavy atom. The molecule has 0 aliphatic carbocycles. The van der Waals surface area contributed by atoms with Crippen LogP contribution in [0.15, 0.2) is 30.9 Å². The van der Waals surface area contributed by atoms with Crippen molar-refractivity contribution in [1.29, 1.82) is 0 Å². The van der Waals surface area contributed by atoms with Crippen LogP contribution in [0.2, 0.25) is 0 Å². The molecule has 0 saturated heterocycles. The summed E-state index contributed by atoms with van der Waals surface area (Å²) in [7, 11) is 1.86. The molecule has 0 fully saturated rings. The number of nitrogens with zero attached hydrogens (tertiary/aromatic N) is 6. The lowest BCUT2D eigenvalue weighted by Crippen LogP contribution is -2.09. The van der Waals surface area contributed by atoms with Gasteiger partial charge in [-0.1, -0.05) is 5.21 Å². The summed E-state index contributed by atoms with van der Waals surface area (Å²) in [5.41, 5.74) is 5.80. The van der Waals surface area contributed by atoms with Crippen molar-refractivity contribution >= 4 is 16.7 Å². The minimum Gasteiger partial charge on any atom is -0.277 e. The van der Waals surface area contributed by atoms with Crippen molar-refractivity contribution in [3.05, 3.63) is 30.9 Å². The summed E-state index contributed by atoms with van der Waals surface area (Å²) in [5, 5.41) is 11.9. The molecular weight excluding hydrogens is 206 g/mol. The van der Waals surface area contributed by atoms with Crippen LogP contribution in [-0.4, -0.2) is 29.9 Å². The van der Waals surface area contributed by atoms with Crippen molar-refractivity contribution in [2.75, 3.05) is 5.43 Å². The predicted octanol–water partition coefficient (Wildman–Crippen LogP) is 0.435. The highest BCUT2D eigenvalue weighted by molar-refractivity contribution is 5.78. The van der Waals surface area contributed by atoms with Crippen molar-refractivity contribution in [3.63, 3.8) is 0 Å². The fourth-order valence-corrected chi connectivity index (χ4v) is 1.50. The molecule has 2 aromatic heterocycles. The van der Waals surface area contributed by atoms with Crippen LogP contribution >= 0.6 is 0 Å². The molecule has 0 radical (unpaired) electrons. The van der Waals surface area contributed by atoms with Gasteiger partial charge in [-0.15, -0.1) is 10.2 Å². The fraction of sp³-hybridized carbons (Fsp3) is 0.111. The molecular formula is C9H9N7. The number of benzene rings is 1. The van der Waals surface area contributed by atoms with Gasteiger partial charge in [0.2, 0.25) is 0 Å². The zero-order chi connectivity index (χ0) is 11.0. The van der Waals surface area contributed by atoms with E-state index in [1.165, 1.54) is 11.1 Å². The van der Waals surface area contributed by atoms with Crippen LogP contribution in [0, 0.1) is 0 Å². The van der Waals surface area contributed by atoms with Crippen LogP contribution in [0.1, 0.15) is 0 Å². The third kappa shape index (κ3) is 1.38. The van der Waals surface area contributed by atoms with Crippen molar-refractivity contribution < 1.29 is 0 Å². The highest BCUT2D eigenvalue weighted by Crippen LogP contribution is 2.16. The van der Waals surface area contributed by atoms with E-state index in [0.717, 1.165) is 16.7 Å². The zero-order valence-electron chi connectivity index (χ0n) is 8.57. The van der Waals surface area contributed by atoms with Crippen LogP contribution in [0.3, 0.4) is 0 Å². The standard InChI is InChI=1S/C9H9N7/c1-15-9-4-7(2-3-8(9)12-14-15)13-16-6-10-5-11-16/h2-6,13H,1H3. The lowest BCUT2D eigenvalue weighted by molar-refractivity contribution is 0.736. The van der Waals surface area contributed by atoms with E-state index in [1.807, 2.05) is 25.2 Å². The monoisotopic (exact) mass is 215 g/mol. The molecule has 2 heterocycles. The summed E-state index contributed by atoms with van der Waals surface area (Å²) in [6, 6.07) is 5.78. The van der Waals surface area contributed by atoms with Crippen LogP contribution in [0.4, 0.5) is 5.69 Å². The Labute approximate surface area is 90.7 Å². The van der Waals surface area contributed by atoms with Crippen LogP contribution in [0.5, 0.6) is 0 Å². The fourth-order valence-electron chi connectivity index (χ4n) is 1.50. The summed E-state index contributed by atoms with van der Waals surface area (Å²) in [6.45, 7) is 0. The van der Waals surface area contributed by atoms with E-state index in [0.29, 0.717) is 0 Å². The molecule has 0 bridgehead atoms. The lowest BCUT2D eigenvalue weighted by atomic mass is 10.3. The molecule has 3 aromatic rings. The van der Waals surface area contributed by atoms with Crippen molar-refractivity contribution in [2.45, 2.75) is 0 Å². The minimum absolute atomic E-state index is 0.867. The van der Waals surface area contributed by atoms with Crippen molar-refractivity contribution in [3.8, 4) is 0 Å². The third-order valence-corrected chi connectivity index (χ3v) is 2.27. The Kier molecular flexibility index (Phi) is 1.82. The Morgan fingerprint density at radius 3 is 3.06 bits per heavy atom. The summed E-state index contributed by atoms with van der Waals surface area (Å²) >= 11 is 0. The molecule has 7 heteroatoms. The smallest absolute Gasteiger partial charge is 0.139 e. The van der Waals surface area contributed by atoms with E-state index < -0.39 is 0 Å². The number of nitrogens with one attached hydrogen (secondary N) is 1. The van der Waals surface area contributed by atoms with Gasteiger partial charge in [-0.25, -0.2) is 9.67 Å². The summed E-state index contributed by atoms with van der Waals surface area (Å²) in [6.07, 6.45) is 3.06. The predicted molar refractivity (Wildman–Crippen MR) is 57.6 cm³/mol. The Balaban J connectivity index is 2.01. The summed E-state index contributed by atoms with van der Waals surface area (Å²) in [4.78, 5) is 5.38. The van der Waals surface area contributed by atoms with E-state index >= 15 is 0 Å². The number of aromatic nitrogens is 6. The van der Waals surface area contributed by atoms with Crippen LogP contribution < -0.4 is 5.43 Å². The number of aryl methyl sites for hydroxylation is 1. The van der Waals surface area contributed by atoms with Gasteiger partial charge in [0.25, 0.3) is 0 Å². The second-order valence-corrected chi connectivity index (χ2v) is 3.37. The van der Waals surface area contributed by atoms with Gasteiger partial charge in [0.05, 0.1) is 11.2 Å². The van der Waals surface area contributed by atoms with Gasteiger partial charge in [0.15, 0.2) is 0 Å². The maximum absolute atomic E-state index is 4.01. The molecule has 0 unspecified atom stereocenters. The Morgan fingerprint density at radius 2 is 2.25 bits per heavy atom. The summed E-state index contributed by atoms with van der Waals surface area (Å²) < 4.78 is 1.72. The van der Waals surface area contributed by atoms with Crippen LogP contribution in [-0.2, 0) is 7.05 Å². The van der Waals surface area contributed by atoms with Gasteiger partial charge in [0, 0.05) is 7.05 Å². The molecule has 0 saturated carbocycles. The van der Waals surface area contributed by atoms with Crippen molar-refractivity contribution in [1.82, 2.24) is 29.9 Å². The molecule has 7 nitrogen and oxygen atoms in total. The second kappa shape index (κ2) is 3.30. The van der Waals surface area contributed by atoms with Gasteiger partial charge in [-0.05, 0) is 18.2 Å². The van der Waals surface area contributed by atoms with Gasteiger partial charge in [-0.2, -0.15) is 4.79 Å². The zero-order valence-corrected chi connectivity index (χ0v) is 8.57. The number of anilines is 1. The first-order chi connectivity index (χ1) is 7.83. The van der Waals surface area contributed by atoms with E-state index in [2.05, 4.69) is 25.8 Å². The maximum Gasteiger partial charge on any atom is 0.139 e. The second-order valence-electron chi connectivity index (χ2n) is 3.37. The largest absolute Gasteiger partial charge is 0.277 e. The molecule has 16 heavy (non-hydrogen) atoms. The average molecular weight is 215 g/mol. The first-order valence-electron chi connectivity index (χ1n) is 4.74. The van der Waals surface area contributed by atoms with Gasteiger partial charge >= 0.3 is 0 Å². The average Bonchev–Trinajstić information content (AvgIpc) is 2.90. The summed E-state index contributed by atoms with van der Waals surface area (Å²) in [5.74, 6) is 0. The molecule has 1 aromatic carbocycles. The molecule has 80 valence electrons. The van der Waals surface area contributed by atoms with E-state index in [9.17, 15) is 0 Å². The molecule has 0 spiro atoms. The number of hydrogen-bond donors (Lipinski definition) is 1. The Hall–Kier alpha value is -2.44. The number of hydrogen-bond acceptors (Lipinski definition) is 5. The van der Waals surface area contributed by atoms with E-state index in [4.69, 9.17) is 0 Å². The van der Waals surface area contributed by atoms with E-state index in [-0.39, 0.29) is 0 Å². The van der Waals surface area contributed by atoms with Gasteiger partial charge in [-0.3, -0.25) is 5.43 Å². The Bertz CT molecular complexity index is 610. The SMILES string of the molecule is Cn1nnc2ccc(Nn3cncn3)cc21. The topological polar surface area (TPSA) is 73.5 Å². The highest BCUT2D eigenvalue weighted by Gasteiger charge is 2.02. The molecule has 0 atom stereocenters. The lowest BCUT2D eigenvalue weighted by Gasteiger charge is -2.04. The van der Waals surface area contributed by atoms with Crippen molar-refractivity contribution in [2.24, 2.45) is 7.05 Å². The maximum atomic E-state index is 4.01. The number of fused-ring (bicyclic) bond motifs is 1. The molecule has 1 N–H and O–H groups in total. The first kappa shape index (κ1) is 8.84. The van der Waals surface area contributed by atoms with E-state index in [1.54, 1.807) is 11.0 Å². The molecule has 0 aliphatic heterocycles. The van der Waals surface area contributed by atoms with Crippen LogP contribution in [0.25, 0.3) is 11.0 Å². The molecule has 3 rings (SSSR count). The minimum atomic E-state index is 0.867. The number of rotatable bonds is 2. The van der Waals surface area contributed by atoms with Gasteiger partial charge in [0.1, 0.15) is 18.2 Å². The third-order valence-electron chi connectivity index (χ3n) is 2.27. The molecule has 0 amide bonds. The molecule has 0 aliphatic rings. The first-order valence-corrected chi connectivity index (χ1v) is 4.74. The quantitative estimate of drug-likeness (QED) is 0.671. The van der Waals surface area contributed by atoms with Gasteiger partial charge < -0.3 is 0 Å².